The molecule has 0 aliphatic carbocycles. The van der Waals surface area contributed by atoms with Gasteiger partial charge in [-0.25, -0.2) is 0 Å². The fourth-order valence-electron chi connectivity index (χ4n) is 1.85. The van der Waals surface area contributed by atoms with Gasteiger partial charge in [0.2, 0.25) is 0 Å². The van der Waals surface area contributed by atoms with E-state index in [1.165, 1.54) is 0 Å². The number of likely N-dealkylation sites (tertiary alicyclic amines) is 1. The van der Waals surface area contributed by atoms with Crippen LogP contribution in [-0.4, -0.2) is 50.5 Å². The third-order valence-corrected chi connectivity index (χ3v) is 2.86. The highest BCUT2D eigenvalue weighted by Crippen LogP contribution is 2.19. The number of nitrogens with zero attached hydrogens (tertiary/aromatic N) is 2. The van der Waals surface area contributed by atoms with Crippen molar-refractivity contribution in [2.24, 2.45) is 0 Å². The Bertz CT molecular complexity index is 203. The molecule has 0 aromatic carbocycles. The third kappa shape index (κ3) is 2.44. The van der Waals surface area contributed by atoms with Crippen LogP contribution in [0.3, 0.4) is 0 Å². The maximum atomic E-state index is 8.60. The minimum absolute atomic E-state index is 0.140. The van der Waals surface area contributed by atoms with Crippen LogP contribution in [0.2, 0.25) is 0 Å². The Morgan fingerprint density at radius 1 is 1.36 bits per heavy atom. The van der Waals surface area contributed by atoms with Crippen LogP contribution in [0.25, 0.3) is 0 Å². The van der Waals surface area contributed by atoms with Crippen LogP contribution in [-0.2, 0) is 9.47 Å². The lowest BCUT2D eigenvalue weighted by molar-refractivity contribution is -0.00461. The number of ether oxygens (including phenoxy) is 2. The standard InChI is InChI=1S/C10H18N2O2/c1-8(4-5-11)12-6-9(13-2)10(7-12)14-3/h8-10H,4,6-7H2,1-3H3. The molecule has 1 aliphatic rings. The van der Waals surface area contributed by atoms with Crippen molar-refractivity contribution in [3.8, 4) is 6.07 Å². The van der Waals surface area contributed by atoms with E-state index < -0.39 is 0 Å². The van der Waals surface area contributed by atoms with Crippen LogP contribution in [0.4, 0.5) is 0 Å². The Hall–Kier alpha value is -0.630. The fraction of sp³-hybridized carbons (Fsp3) is 0.900. The largest absolute Gasteiger partial charge is 0.377 e. The van der Waals surface area contributed by atoms with Gasteiger partial charge in [0.1, 0.15) is 0 Å². The Morgan fingerprint density at radius 3 is 2.21 bits per heavy atom. The van der Waals surface area contributed by atoms with Crippen molar-refractivity contribution >= 4 is 0 Å². The van der Waals surface area contributed by atoms with E-state index in [2.05, 4.69) is 17.9 Å². The number of methoxy groups -OCH3 is 2. The highest BCUT2D eigenvalue weighted by atomic mass is 16.5. The molecule has 0 amide bonds. The smallest absolute Gasteiger partial charge is 0.0971 e. The molecule has 0 aromatic rings. The molecule has 1 rings (SSSR count). The first kappa shape index (κ1) is 11.4. The van der Waals surface area contributed by atoms with Crippen molar-refractivity contribution in [1.82, 2.24) is 4.90 Å². The zero-order valence-electron chi connectivity index (χ0n) is 9.06. The Morgan fingerprint density at radius 2 is 1.86 bits per heavy atom. The highest BCUT2D eigenvalue weighted by Gasteiger charge is 2.34. The van der Waals surface area contributed by atoms with Crippen molar-refractivity contribution in [2.75, 3.05) is 27.3 Å². The van der Waals surface area contributed by atoms with Gasteiger partial charge in [-0.15, -0.1) is 0 Å². The van der Waals surface area contributed by atoms with Gasteiger partial charge in [0.05, 0.1) is 24.7 Å². The molecule has 0 saturated carbocycles. The Kier molecular flexibility index (Phi) is 4.33. The van der Waals surface area contributed by atoms with E-state index in [-0.39, 0.29) is 18.2 Å². The van der Waals surface area contributed by atoms with Crippen LogP contribution >= 0.6 is 0 Å². The number of hydrogen-bond donors (Lipinski definition) is 0. The molecule has 0 N–H and O–H groups in total. The summed E-state index contributed by atoms with van der Waals surface area (Å²) in [7, 11) is 3.41. The third-order valence-electron chi connectivity index (χ3n) is 2.86. The molecule has 4 heteroatoms. The van der Waals surface area contributed by atoms with Crippen LogP contribution < -0.4 is 0 Å². The van der Waals surface area contributed by atoms with Gasteiger partial charge in [-0.3, -0.25) is 4.90 Å². The first-order valence-corrected chi connectivity index (χ1v) is 4.89. The van der Waals surface area contributed by atoms with Gasteiger partial charge in [0, 0.05) is 33.4 Å². The molecule has 1 saturated heterocycles. The first-order valence-electron chi connectivity index (χ1n) is 4.89. The van der Waals surface area contributed by atoms with E-state index in [0.29, 0.717) is 6.42 Å². The van der Waals surface area contributed by atoms with Crippen molar-refractivity contribution in [1.29, 1.82) is 5.26 Å². The molecule has 0 radical (unpaired) electrons. The van der Waals surface area contributed by atoms with Crippen LogP contribution in [0.1, 0.15) is 13.3 Å². The number of rotatable bonds is 4. The van der Waals surface area contributed by atoms with Crippen LogP contribution in [0.15, 0.2) is 0 Å². The summed E-state index contributed by atoms with van der Waals surface area (Å²) in [5, 5.41) is 8.60. The summed E-state index contributed by atoms with van der Waals surface area (Å²) < 4.78 is 10.6. The lowest BCUT2D eigenvalue weighted by Crippen LogP contribution is -2.31. The molecule has 4 nitrogen and oxygen atoms in total. The molecule has 1 fully saturated rings. The zero-order valence-corrected chi connectivity index (χ0v) is 9.06. The average Bonchev–Trinajstić information content (AvgIpc) is 2.61. The molecule has 3 unspecified atom stereocenters. The quantitative estimate of drug-likeness (QED) is 0.665. The first-order chi connectivity index (χ1) is 6.72. The van der Waals surface area contributed by atoms with Crippen molar-refractivity contribution < 1.29 is 9.47 Å². The summed E-state index contributed by atoms with van der Waals surface area (Å²) in [6.07, 6.45) is 0.842. The lowest BCUT2D eigenvalue weighted by atomic mass is 10.2. The molecule has 1 heterocycles. The van der Waals surface area contributed by atoms with Crippen molar-refractivity contribution in [3.63, 3.8) is 0 Å². The predicted molar refractivity (Wildman–Crippen MR) is 52.9 cm³/mol. The molecule has 14 heavy (non-hydrogen) atoms. The fourth-order valence-corrected chi connectivity index (χ4v) is 1.85. The monoisotopic (exact) mass is 198 g/mol. The minimum Gasteiger partial charge on any atom is -0.377 e. The van der Waals surface area contributed by atoms with Gasteiger partial charge >= 0.3 is 0 Å². The summed E-state index contributed by atoms with van der Waals surface area (Å²) in [6, 6.07) is 2.48. The number of hydrogen-bond acceptors (Lipinski definition) is 4. The van der Waals surface area contributed by atoms with Crippen molar-refractivity contribution in [2.45, 2.75) is 31.6 Å². The zero-order chi connectivity index (χ0) is 10.6. The molecule has 1 aliphatic heterocycles. The summed E-state index contributed by atoms with van der Waals surface area (Å²) in [4.78, 5) is 2.24. The van der Waals surface area contributed by atoms with Gasteiger partial charge in [0.25, 0.3) is 0 Å². The van der Waals surface area contributed by atoms with Crippen LogP contribution in [0, 0.1) is 11.3 Å². The summed E-state index contributed by atoms with van der Waals surface area (Å²) in [6.45, 7) is 3.78. The van der Waals surface area contributed by atoms with Gasteiger partial charge in [0.15, 0.2) is 0 Å². The van der Waals surface area contributed by atoms with E-state index in [4.69, 9.17) is 14.7 Å². The van der Waals surface area contributed by atoms with Crippen LogP contribution in [0.5, 0.6) is 0 Å². The van der Waals surface area contributed by atoms with Gasteiger partial charge < -0.3 is 9.47 Å². The van der Waals surface area contributed by atoms with Gasteiger partial charge in [-0.05, 0) is 6.92 Å². The topological polar surface area (TPSA) is 45.5 Å². The van der Waals surface area contributed by atoms with E-state index in [0.717, 1.165) is 13.1 Å². The number of nitriles is 1. The molecular formula is C10H18N2O2. The summed E-state index contributed by atoms with van der Waals surface area (Å²) in [5.74, 6) is 0. The average molecular weight is 198 g/mol. The maximum absolute atomic E-state index is 8.60. The highest BCUT2D eigenvalue weighted by molar-refractivity contribution is 4.90. The minimum atomic E-state index is 0.140. The van der Waals surface area contributed by atoms with E-state index in [9.17, 15) is 0 Å². The summed E-state index contributed by atoms with van der Waals surface area (Å²) >= 11 is 0. The predicted octanol–water partition coefficient (Wildman–Crippen LogP) is 0.634. The molecule has 3 atom stereocenters. The second kappa shape index (κ2) is 5.30. The van der Waals surface area contributed by atoms with E-state index in [1.807, 2.05) is 0 Å². The Balaban J connectivity index is 2.48. The maximum Gasteiger partial charge on any atom is 0.0971 e. The molecule has 80 valence electrons. The van der Waals surface area contributed by atoms with Crippen molar-refractivity contribution in [3.05, 3.63) is 0 Å². The summed E-state index contributed by atoms with van der Waals surface area (Å²) in [5.41, 5.74) is 0. The van der Waals surface area contributed by atoms with E-state index in [1.54, 1.807) is 14.2 Å². The van der Waals surface area contributed by atoms with Gasteiger partial charge in [-0.1, -0.05) is 0 Å². The molecule has 0 bridgehead atoms. The lowest BCUT2D eigenvalue weighted by Gasteiger charge is -2.21. The van der Waals surface area contributed by atoms with E-state index >= 15 is 0 Å². The Labute approximate surface area is 85.4 Å². The second-order valence-electron chi connectivity index (χ2n) is 3.71. The second-order valence-corrected chi connectivity index (χ2v) is 3.71. The normalized spacial score (nSPS) is 30.1. The molecule has 0 spiro atoms. The molecular weight excluding hydrogens is 180 g/mol. The van der Waals surface area contributed by atoms with Gasteiger partial charge in [-0.2, -0.15) is 5.26 Å². The SMILES string of the molecule is COC1CN(C(C)CC#N)CC1OC. The molecule has 0 aromatic heterocycles.